The number of amides is 1. The summed E-state index contributed by atoms with van der Waals surface area (Å²) in [5.74, 6) is -0.653. The van der Waals surface area contributed by atoms with Gasteiger partial charge in [-0.15, -0.1) is 0 Å². The fraction of sp³-hybridized carbons (Fsp3) is 0.385. The fourth-order valence-corrected chi connectivity index (χ4v) is 1.38. The summed E-state index contributed by atoms with van der Waals surface area (Å²) in [4.78, 5) is 22.3. The molecule has 0 aliphatic rings. The van der Waals surface area contributed by atoms with Crippen molar-refractivity contribution in [2.45, 2.75) is 20.3 Å². The first-order chi connectivity index (χ1) is 7.99. The average molecular weight is 235 g/mol. The highest BCUT2D eigenvalue weighted by Crippen LogP contribution is 2.06. The molecule has 0 spiro atoms. The topological polar surface area (TPSA) is 66.4 Å². The molecule has 17 heavy (non-hydrogen) atoms. The van der Waals surface area contributed by atoms with Crippen molar-refractivity contribution < 1.29 is 14.7 Å². The number of benzene rings is 1. The third-order valence-electron chi connectivity index (χ3n) is 2.25. The standard InChI is InChI=1S/C13H17NO3/c1-9(2)8-14-12(15)7-10-4-3-5-11(6-10)13(16)17/h3-6,9H,7-8H2,1-2H3,(H,14,15)(H,16,17). The minimum atomic E-state index is -0.977. The van der Waals surface area contributed by atoms with Crippen LogP contribution in [0.2, 0.25) is 0 Å². The lowest BCUT2D eigenvalue weighted by atomic mass is 10.1. The Kier molecular flexibility index (Phi) is 4.69. The lowest BCUT2D eigenvalue weighted by Gasteiger charge is -2.07. The lowest BCUT2D eigenvalue weighted by molar-refractivity contribution is -0.120. The van der Waals surface area contributed by atoms with Crippen molar-refractivity contribution in [2.24, 2.45) is 5.92 Å². The molecule has 0 saturated carbocycles. The molecule has 0 aliphatic heterocycles. The highest BCUT2D eigenvalue weighted by Gasteiger charge is 2.07. The summed E-state index contributed by atoms with van der Waals surface area (Å²) in [6.45, 7) is 4.67. The molecule has 0 aliphatic carbocycles. The molecule has 2 N–H and O–H groups in total. The molecule has 0 heterocycles. The van der Waals surface area contributed by atoms with Crippen LogP contribution in [0.5, 0.6) is 0 Å². The molecule has 0 saturated heterocycles. The Bertz CT molecular complexity index is 413. The number of carbonyl (C=O) groups is 2. The van der Waals surface area contributed by atoms with Gasteiger partial charge in [0.1, 0.15) is 0 Å². The molecule has 0 bridgehead atoms. The van der Waals surface area contributed by atoms with E-state index >= 15 is 0 Å². The first kappa shape index (κ1) is 13.2. The number of carbonyl (C=O) groups excluding carboxylic acids is 1. The Hall–Kier alpha value is -1.84. The smallest absolute Gasteiger partial charge is 0.335 e. The second kappa shape index (κ2) is 6.03. The number of rotatable bonds is 5. The Labute approximate surface area is 101 Å². The van der Waals surface area contributed by atoms with Gasteiger partial charge in [-0.2, -0.15) is 0 Å². The van der Waals surface area contributed by atoms with E-state index in [9.17, 15) is 9.59 Å². The van der Waals surface area contributed by atoms with Crippen LogP contribution in [0, 0.1) is 5.92 Å². The summed E-state index contributed by atoms with van der Waals surface area (Å²) >= 11 is 0. The van der Waals surface area contributed by atoms with Crippen molar-refractivity contribution in [3.8, 4) is 0 Å². The normalized spacial score (nSPS) is 10.3. The maximum Gasteiger partial charge on any atom is 0.335 e. The molecule has 0 unspecified atom stereocenters. The highest BCUT2D eigenvalue weighted by atomic mass is 16.4. The monoisotopic (exact) mass is 235 g/mol. The van der Waals surface area contributed by atoms with Gasteiger partial charge in [-0.3, -0.25) is 4.79 Å². The molecule has 4 nitrogen and oxygen atoms in total. The van der Waals surface area contributed by atoms with Gasteiger partial charge in [-0.1, -0.05) is 26.0 Å². The van der Waals surface area contributed by atoms with Crippen LogP contribution in [0.15, 0.2) is 24.3 Å². The molecule has 0 aromatic heterocycles. The van der Waals surface area contributed by atoms with E-state index in [0.717, 1.165) is 0 Å². The third-order valence-corrected chi connectivity index (χ3v) is 2.25. The number of hydrogen-bond acceptors (Lipinski definition) is 2. The van der Waals surface area contributed by atoms with E-state index in [-0.39, 0.29) is 17.9 Å². The molecule has 4 heteroatoms. The van der Waals surface area contributed by atoms with Crippen molar-refractivity contribution in [3.05, 3.63) is 35.4 Å². The van der Waals surface area contributed by atoms with Crippen molar-refractivity contribution in [1.29, 1.82) is 0 Å². The van der Waals surface area contributed by atoms with Gasteiger partial charge in [0.05, 0.1) is 12.0 Å². The van der Waals surface area contributed by atoms with Crippen LogP contribution in [0.4, 0.5) is 0 Å². The van der Waals surface area contributed by atoms with Crippen molar-refractivity contribution in [2.75, 3.05) is 6.54 Å². The van der Waals surface area contributed by atoms with Crippen LogP contribution in [0.25, 0.3) is 0 Å². The van der Waals surface area contributed by atoms with Crippen LogP contribution >= 0.6 is 0 Å². The maximum absolute atomic E-state index is 11.5. The van der Waals surface area contributed by atoms with Gasteiger partial charge in [0.25, 0.3) is 0 Å². The number of aromatic carboxylic acids is 1. The van der Waals surface area contributed by atoms with Gasteiger partial charge >= 0.3 is 5.97 Å². The largest absolute Gasteiger partial charge is 0.478 e. The van der Waals surface area contributed by atoms with Crippen LogP contribution in [-0.4, -0.2) is 23.5 Å². The minimum Gasteiger partial charge on any atom is -0.478 e. The third kappa shape index (κ3) is 4.68. The second-order valence-corrected chi connectivity index (χ2v) is 4.38. The van der Waals surface area contributed by atoms with Crippen molar-refractivity contribution in [3.63, 3.8) is 0 Å². The zero-order valence-electron chi connectivity index (χ0n) is 10.1. The van der Waals surface area contributed by atoms with Crippen molar-refractivity contribution in [1.82, 2.24) is 5.32 Å². The molecule has 1 aromatic carbocycles. The first-order valence-corrected chi connectivity index (χ1v) is 5.58. The molecule has 1 aromatic rings. The predicted octanol–water partition coefficient (Wildman–Crippen LogP) is 1.70. The summed E-state index contributed by atoms with van der Waals surface area (Å²) in [5.41, 5.74) is 0.922. The number of hydrogen-bond donors (Lipinski definition) is 2. The van der Waals surface area contributed by atoms with Gasteiger partial charge < -0.3 is 10.4 Å². The van der Waals surface area contributed by atoms with Crippen LogP contribution in [-0.2, 0) is 11.2 Å². The van der Waals surface area contributed by atoms with Gasteiger partial charge in [0.15, 0.2) is 0 Å². The summed E-state index contributed by atoms with van der Waals surface area (Å²) in [5, 5.41) is 11.6. The SMILES string of the molecule is CC(C)CNC(=O)Cc1cccc(C(=O)O)c1. The van der Waals surface area contributed by atoms with E-state index in [1.54, 1.807) is 12.1 Å². The van der Waals surface area contributed by atoms with E-state index < -0.39 is 5.97 Å². The molecular weight excluding hydrogens is 218 g/mol. The maximum atomic E-state index is 11.5. The molecule has 1 amide bonds. The molecule has 0 fully saturated rings. The Morgan fingerprint density at radius 2 is 2.06 bits per heavy atom. The lowest BCUT2D eigenvalue weighted by Crippen LogP contribution is -2.28. The Balaban J connectivity index is 2.59. The Morgan fingerprint density at radius 3 is 2.65 bits per heavy atom. The van der Waals surface area contributed by atoms with Gasteiger partial charge in [0, 0.05) is 6.54 Å². The van der Waals surface area contributed by atoms with Gasteiger partial charge in [-0.25, -0.2) is 4.79 Å². The zero-order valence-corrected chi connectivity index (χ0v) is 10.1. The zero-order chi connectivity index (χ0) is 12.8. The van der Waals surface area contributed by atoms with Gasteiger partial charge in [-0.05, 0) is 23.6 Å². The van der Waals surface area contributed by atoms with Crippen LogP contribution in [0.3, 0.4) is 0 Å². The van der Waals surface area contributed by atoms with Crippen LogP contribution < -0.4 is 5.32 Å². The summed E-state index contributed by atoms with van der Waals surface area (Å²) in [6, 6.07) is 6.44. The van der Waals surface area contributed by atoms with Crippen LogP contribution in [0.1, 0.15) is 29.8 Å². The van der Waals surface area contributed by atoms with E-state index in [1.807, 2.05) is 13.8 Å². The average Bonchev–Trinajstić information content (AvgIpc) is 2.26. The highest BCUT2D eigenvalue weighted by molar-refractivity contribution is 5.88. The number of carboxylic acid groups (broad SMARTS) is 1. The van der Waals surface area contributed by atoms with E-state index in [4.69, 9.17) is 5.11 Å². The summed E-state index contributed by atoms with van der Waals surface area (Å²) in [7, 11) is 0. The summed E-state index contributed by atoms with van der Waals surface area (Å²) < 4.78 is 0. The minimum absolute atomic E-state index is 0.0822. The molecule has 92 valence electrons. The molecular formula is C13H17NO3. The first-order valence-electron chi connectivity index (χ1n) is 5.58. The Morgan fingerprint density at radius 1 is 1.35 bits per heavy atom. The van der Waals surface area contributed by atoms with Gasteiger partial charge in [0.2, 0.25) is 5.91 Å². The van der Waals surface area contributed by atoms with E-state index in [0.29, 0.717) is 18.0 Å². The predicted molar refractivity (Wildman–Crippen MR) is 65.0 cm³/mol. The number of carboxylic acids is 1. The molecule has 0 radical (unpaired) electrons. The fourth-order valence-electron chi connectivity index (χ4n) is 1.38. The molecule has 1 rings (SSSR count). The van der Waals surface area contributed by atoms with E-state index in [1.165, 1.54) is 12.1 Å². The quantitative estimate of drug-likeness (QED) is 0.816. The second-order valence-electron chi connectivity index (χ2n) is 4.38. The summed E-state index contributed by atoms with van der Waals surface area (Å²) in [6.07, 6.45) is 0.216. The van der Waals surface area contributed by atoms with E-state index in [2.05, 4.69) is 5.32 Å². The van der Waals surface area contributed by atoms with Crippen molar-refractivity contribution >= 4 is 11.9 Å². The number of nitrogens with one attached hydrogen (secondary N) is 1. The molecule has 0 atom stereocenters.